The van der Waals surface area contributed by atoms with Crippen LogP contribution in [0.5, 0.6) is 0 Å². The van der Waals surface area contributed by atoms with Gasteiger partial charge >= 0.3 is 6.09 Å². The predicted molar refractivity (Wildman–Crippen MR) is 130 cm³/mol. The number of carbonyl (C=O) groups is 1. The van der Waals surface area contributed by atoms with E-state index in [1.54, 1.807) is 4.90 Å². The normalized spacial score (nSPS) is 19.1. The first-order valence-corrected chi connectivity index (χ1v) is 12.3. The van der Waals surface area contributed by atoms with E-state index in [1.807, 2.05) is 6.92 Å². The number of carbonyl (C=O) groups excluding carboxylic acids is 1. The number of nitrogens with zero attached hydrogens (tertiary/aromatic N) is 3. The van der Waals surface area contributed by atoms with Crippen LogP contribution >= 0.6 is 0 Å². The van der Waals surface area contributed by atoms with E-state index in [0.29, 0.717) is 32.3 Å². The molecule has 0 saturated carbocycles. The van der Waals surface area contributed by atoms with Crippen molar-refractivity contribution in [3.8, 4) is 0 Å². The van der Waals surface area contributed by atoms with Gasteiger partial charge in [-0.3, -0.25) is 4.90 Å². The Balaban J connectivity index is 1.51. The van der Waals surface area contributed by atoms with E-state index in [4.69, 9.17) is 9.73 Å². The molecule has 7 heteroatoms. The second-order valence-electron chi connectivity index (χ2n) is 9.08. The maximum atomic E-state index is 11.9. The van der Waals surface area contributed by atoms with Crippen LogP contribution in [0.1, 0.15) is 57.6 Å². The van der Waals surface area contributed by atoms with Crippen LogP contribution in [0.4, 0.5) is 4.79 Å². The average molecular weight is 444 g/mol. The van der Waals surface area contributed by atoms with E-state index >= 15 is 0 Å². The summed E-state index contributed by atoms with van der Waals surface area (Å²) in [6.07, 6.45) is 4.20. The van der Waals surface area contributed by atoms with Crippen LogP contribution in [0.15, 0.2) is 29.3 Å². The maximum Gasteiger partial charge on any atom is 0.409 e. The number of rotatable bonds is 7. The summed E-state index contributed by atoms with van der Waals surface area (Å²) in [5, 5.41) is 6.92. The molecule has 2 heterocycles. The Morgan fingerprint density at radius 3 is 2.50 bits per heavy atom. The predicted octanol–water partition coefficient (Wildman–Crippen LogP) is 3.59. The average Bonchev–Trinajstić information content (AvgIpc) is 2.80. The Kier molecular flexibility index (Phi) is 9.65. The van der Waals surface area contributed by atoms with Gasteiger partial charge in [-0.15, -0.1) is 0 Å². The number of piperidine rings is 2. The number of nitrogens with one attached hydrogen (secondary N) is 2. The first kappa shape index (κ1) is 24.4. The molecule has 0 bridgehead atoms. The quantitative estimate of drug-likeness (QED) is 0.498. The topological polar surface area (TPSA) is 69.2 Å². The summed E-state index contributed by atoms with van der Waals surface area (Å²) in [7, 11) is 0. The molecule has 2 N–H and O–H groups in total. The Bertz CT molecular complexity index is 738. The first-order chi connectivity index (χ1) is 15.6. The minimum absolute atomic E-state index is 0.203. The molecular formula is C25H41N5O2. The third kappa shape index (κ3) is 7.69. The lowest BCUT2D eigenvalue weighted by atomic mass is 9.98. The molecule has 7 nitrogen and oxygen atoms in total. The molecule has 1 amide bonds. The highest BCUT2D eigenvalue weighted by Crippen LogP contribution is 2.19. The molecule has 0 atom stereocenters. The van der Waals surface area contributed by atoms with Gasteiger partial charge in [-0.05, 0) is 69.7 Å². The van der Waals surface area contributed by atoms with Crippen molar-refractivity contribution < 1.29 is 9.53 Å². The molecule has 0 spiro atoms. The molecule has 3 rings (SSSR count). The Morgan fingerprint density at radius 2 is 1.81 bits per heavy atom. The summed E-state index contributed by atoms with van der Waals surface area (Å²) < 4.78 is 5.11. The highest BCUT2D eigenvalue weighted by atomic mass is 16.6. The van der Waals surface area contributed by atoms with Crippen LogP contribution in [0.25, 0.3) is 0 Å². The Hall–Kier alpha value is -2.28. The molecule has 0 unspecified atom stereocenters. The fourth-order valence-electron chi connectivity index (χ4n) is 4.41. The molecule has 2 fully saturated rings. The van der Waals surface area contributed by atoms with E-state index < -0.39 is 0 Å². The molecule has 1 aromatic carbocycles. The Labute approximate surface area is 193 Å². The van der Waals surface area contributed by atoms with Gasteiger partial charge in [0.05, 0.1) is 13.2 Å². The lowest BCUT2D eigenvalue weighted by Crippen LogP contribution is -2.49. The molecule has 0 radical (unpaired) electrons. The van der Waals surface area contributed by atoms with Crippen molar-refractivity contribution in [2.24, 2.45) is 10.9 Å². The standard InChI is InChI=1S/C25H41N5O2/c1-4-26-24(28-23-11-15-30(16-12-23)25(31)32-5-2)27-18-21-7-6-8-22(17-21)19-29-13-9-20(3)10-14-29/h6-8,17,20,23H,4-5,9-16,18-19H2,1-3H3,(H2,26,27,28). The summed E-state index contributed by atoms with van der Waals surface area (Å²) >= 11 is 0. The van der Waals surface area contributed by atoms with Crippen LogP contribution in [0.2, 0.25) is 0 Å². The minimum atomic E-state index is -0.203. The number of hydrogen-bond donors (Lipinski definition) is 2. The lowest BCUT2D eigenvalue weighted by Gasteiger charge is -2.32. The zero-order chi connectivity index (χ0) is 22.8. The van der Waals surface area contributed by atoms with Crippen molar-refractivity contribution >= 4 is 12.1 Å². The highest BCUT2D eigenvalue weighted by Gasteiger charge is 2.24. The molecule has 178 valence electrons. The number of ether oxygens (including phenoxy) is 1. The van der Waals surface area contributed by atoms with Gasteiger partial charge < -0.3 is 20.3 Å². The molecule has 0 aromatic heterocycles. The van der Waals surface area contributed by atoms with Crippen molar-refractivity contribution in [3.63, 3.8) is 0 Å². The largest absolute Gasteiger partial charge is 0.450 e. The van der Waals surface area contributed by atoms with Crippen LogP contribution in [0.3, 0.4) is 0 Å². The van der Waals surface area contributed by atoms with Gasteiger partial charge in [0.1, 0.15) is 0 Å². The van der Waals surface area contributed by atoms with Crippen molar-refractivity contribution in [3.05, 3.63) is 35.4 Å². The summed E-state index contributed by atoms with van der Waals surface area (Å²) in [6.45, 7) is 13.0. The summed E-state index contributed by atoms with van der Waals surface area (Å²) in [5.74, 6) is 1.71. The zero-order valence-corrected chi connectivity index (χ0v) is 20.1. The van der Waals surface area contributed by atoms with E-state index in [0.717, 1.165) is 37.8 Å². The number of amides is 1. The second kappa shape index (κ2) is 12.7. The second-order valence-corrected chi connectivity index (χ2v) is 9.08. The number of benzene rings is 1. The first-order valence-electron chi connectivity index (χ1n) is 12.3. The molecular weight excluding hydrogens is 402 g/mol. The molecule has 2 saturated heterocycles. The third-order valence-electron chi connectivity index (χ3n) is 6.40. The van der Waals surface area contributed by atoms with Gasteiger partial charge in [-0.1, -0.05) is 31.2 Å². The van der Waals surface area contributed by atoms with Gasteiger partial charge in [0.15, 0.2) is 5.96 Å². The zero-order valence-electron chi connectivity index (χ0n) is 20.1. The fraction of sp³-hybridized carbons (Fsp3) is 0.680. The van der Waals surface area contributed by atoms with Crippen LogP contribution in [-0.2, 0) is 17.8 Å². The molecule has 32 heavy (non-hydrogen) atoms. The Morgan fingerprint density at radius 1 is 1.09 bits per heavy atom. The molecule has 2 aliphatic heterocycles. The molecule has 1 aromatic rings. The third-order valence-corrected chi connectivity index (χ3v) is 6.40. The monoisotopic (exact) mass is 443 g/mol. The summed E-state index contributed by atoms with van der Waals surface area (Å²) in [6, 6.07) is 9.14. The number of guanidine groups is 1. The van der Waals surface area contributed by atoms with Gasteiger partial charge in [-0.25, -0.2) is 9.79 Å². The van der Waals surface area contributed by atoms with Crippen LogP contribution in [0, 0.1) is 5.92 Å². The van der Waals surface area contributed by atoms with Gasteiger partial charge in [0.2, 0.25) is 0 Å². The van der Waals surface area contributed by atoms with Crippen LogP contribution < -0.4 is 10.6 Å². The highest BCUT2D eigenvalue weighted by molar-refractivity contribution is 5.80. The van der Waals surface area contributed by atoms with Crippen molar-refractivity contribution in [2.45, 2.75) is 65.6 Å². The van der Waals surface area contributed by atoms with Gasteiger partial charge in [0, 0.05) is 32.2 Å². The number of hydrogen-bond acceptors (Lipinski definition) is 4. The van der Waals surface area contributed by atoms with Crippen molar-refractivity contribution in [1.29, 1.82) is 0 Å². The van der Waals surface area contributed by atoms with Gasteiger partial charge in [0.25, 0.3) is 0 Å². The van der Waals surface area contributed by atoms with Crippen LogP contribution in [-0.4, -0.2) is 67.2 Å². The lowest BCUT2D eigenvalue weighted by molar-refractivity contribution is 0.0963. The SMILES string of the molecule is CCNC(=NCc1cccc(CN2CCC(C)CC2)c1)NC1CCN(C(=O)OCC)CC1. The van der Waals surface area contributed by atoms with Gasteiger partial charge in [-0.2, -0.15) is 0 Å². The maximum absolute atomic E-state index is 11.9. The smallest absolute Gasteiger partial charge is 0.409 e. The number of aliphatic imine (C=N–C) groups is 1. The molecule has 0 aliphatic carbocycles. The minimum Gasteiger partial charge on any atom is -0.450 e. The van der Waals surface area contributed by atoms with E-state index in [9.17, 15) is 4.79 Å². The van der Waals surface area contributed by atoms with Crippen molar-refractivity contribution in [2.75, 3.05) is 39.3 Å². The van der Waals surface area contributed by atoms with E-state index in [1.165, 1.54) is 37.1 Å². The summed E-state index contributed by atoms with van der Waals surface area (Å²) in [5.41, 5.74) is 2.61. The summed E-state index contributed by atoms with van der Waals surface area (Å²) in [4.78, 5) is 21.1. The number of likely N-dealkylation sites (tertiary alicyclic amines) is 2. The molecule has 2 aliphatic rings. The fourth-order valence-corrected chi connectivity index (χ4v) is 4.41. The van der Waals surface area contributed by atoms with Crippen molar-refractivity contribution in [1.82, 2.24) is 20.4 Å². The van der Waals surface area contributed by atoms with E-state index in [2.05, 4.69) is 53.6 Å². The van der Waals surface area contributed by atoms with E-state index in [-0.39, 0.29) is 6.09 Å².